The number of carbonyl (C=O) groups excluding carboxylic acids is 1. The molecule has 4 rings (SSSR count). The van der Waals surface area contributed by atoms with Crippen LogP contribution in [-0.2, 0) is 4.79 Å². The van der Waals surface area contributed by atoms with Gasteiger partial charge in [-0.1, -0.05) is 23.9 Å². The van der Waals surface area contributed by atoms with E-state index in [1.807, 2.05) is 0 Å². The molecule has 0 bridgehead atoms. The predicted octanol–water partition coefficient (Wildman–Crippen LogP) is 4.28. The van der Waals surface area contributed by atoms with Crippen molar-refractivity contribution >= 4 is 34.4 Å². The number of amides is 1. The van der Waals surface area contributed by atoms with Crippen molar-refractivity contribution in [2.75, 3.05) is 12.1 Å². The first kappa shape index (κ1) is 17.6. The molecule has 1 N–H and O–H groups in total. The molecule has 27 heavy (non-hydrogen) atoms. The van der Waals surface area contributed by atoms with Gasteiger partial charge < -0.3 is 14.8 Å². The number of aromatic nitrogens is 2. The molecule has 0 radical (unpaired) electrons. The summed E-state index contributed by atoms with van der Waals surface area (Å²) in [5, 5.41) is 2.22. The third-order valence-electron chi connectivity index (χ3n) is 4.05. The van der Waals surface area contributed by atoms with Gasteiger partial charge in [-0.25, -0.2) is 4.98 Å². The zero-order chi connectivity index (χ0) is 19.0. The van der Waals surface area contributed by atoms with Crippen LogP contribution in [-0.4, -0.2) is 27.5 Å². The molecule has 140 valence electrons. The smallest absolute Gasteiger partial charge is 0.321 e. The molecule has 1 aromatic heterocycles. The number of carbonyl (C=O) groups is 1. The van der Waals surface area contributed by atoms with E-state index in [1.165, 1.54) is 0 Å². The van der Waals surface area contributed by atoms with E-state index in [4.69, 9.17) is 9.47 Å². The van der Waals surface area contributed by atoms with Gasteiger partial charge in [0.2, 0.25) is 12.7 Å². The van der Waals surface area contributed by atoms with Crippen molar-refractivity contribution in [2.45, 2.75) is 23.9 Å². The second-order valence-electron chi connectivity index (χ2n) is 5.85. The number of rotatable bonds is 5. The average Bonchev–Trinajstić information content (AvgIpc) is 3.24. The van der Waals surface area contributed by atoms with Crippen LogP contribution in [0.1, 0.15) is 13.5 Å². The Morgan fingerprint density at radius 1 is 1.22 bits per heavy atom. The van der Waals surface area contributed by atoms with E-state index >= 15 is 0 Å². The maximum absolute atomic E-state index is 13.5. The van der Waals surface area contributed by atoms with Crippen molar-refractivity contribution in [3.63, 3.8) is 0 Å². The van der Waals surface area contributed by atoms with Crippen LogP contribution in [0.5, 0.6) is 11.5 Å². The van der Waals surface area contributed by atoms with Crippen LogP contribution in [0.2, 0.25) is 0 Å². The Morgan fingerprint density at radius 2 is 2.00 bits per heavy atom. The molecule has 0 fully saturated rings. The monoisotopic (exact) mass is 391 g/mol. The Bertz CT molecular complexity index is 1010. The summed E-state index contributed by atoms with van der Waals surface area (Å²) in [6, 6.07) is 11.7. The Kier molecular flexibility index (Phi) is 4.61. The highest BCUT2D eigenvalue weighted by Gasteiger charge is 2.23. The van der Waals surface area contributed by atoms with Crippen molar-refractivity contribution in [1.29, 1.82) is 0 Å². The maximum atomic E-state index is 13.5. The highest BCUT2D eigenvalue weighted by atomic mass is 32.2. The minimum atomic E-state index is -2.75. The van der Waals surface area contributed by atoms with Crippen LogP contribution in [0.25, 0.3) is 11.0 Å². The lowest BCUT2D eigenvalue weighted by atomic mass is 10.2. The van der Waals surface area contributed by atoms with Crippen LogP contribution in [0.15, 0.2) is 47.6 Å². The number of thioether (sulfide) groups is 1. The van der Waals surface area contributed by atoms with Gasteiger partial charge in [0.05, 0.1) is 16.3 Å². The summed E-state index contributed by atoms with van der Waals surface area (Å²) in [7, 11) is 0. The van der Waals surface area contributed by atoms with Gasteiger partial charge >= 0.3 is 6.55 Å². The summed E-state index contributed by atoms with van der Waals surface area (Å²) in [4.78, 5) is 16.7. The lowest BCUT2D eigenvalue weighted by Crippen LogP contribution is -2.23. The molecule has 0 aliphatic carbocycles. The fourth-order valence-corrected chi connectivity index (χ4v) is 3.65. The number of nitrogens with zero attached hydrogens (tertiary/aromatic N) is 2. The maximum Gasteiger partial charge on any atom is 0.321 e. The summed E-state index contributed by atoms with van der Waals surface area (Å²) in [6.45, 7) is -0.964. The minimum Gasteiger partial charge on any atom is -0.454 e. The first-order valence-electron chi connectivity index (χ1n) is 8.15. The second kappa shape index (κ2) is 7.07. The molecule has 6 nitrogen and oxygen atoms in total. The standard InChI is InChI=1S/C18H15F2N3O3S/c1-10(16(24)21-11-6-7-14-15(8-11)26-9-25-14)27-18-22-12-4-2-3-5-13(12)23(18)17(19)20/h2-8,10,17H,9H2,1H3,(H,21,24)/t10-/m1/s1. The fraction of sp³-hybridized carbons (Fsp3) is 0.222. The Balaban J connectivity index is 1.52. The van der Waals surface area contributed by atoms with Gasteiger partial charge in [-0.05, 0) is 31.2 Å². The van der Waals surface area contributed by atoms with Gasteiger partial charge in [0, 0.05) is 11.8 Å². The summed E-state index contributed by atoms with van der Waals surface area (Å²) in [5.74, 6) is 0.834. The van der Waals surface area contributed by atoms with Crippen molar-refractivity contribution in [3.05, 3.63) is 42.5 Å². The van der Waals surface area contributed by atoms with E-state index in [-0.39, 0.29) is 17.9 Å². The first-order chi connectivity index (χ1) is 13.0. The number of benzene rings is 2. The van der Waals surface area contributed by atoms with Crippen LogP contribution in [0.4, 0.5) is 14.5 Å². The van der Waals surface area contributed by atoms with Gasteiger partial charge in [-0.3, -0.25) is 9.36 Å². The van der Waals surface area contributed by atoms with Crippen molar-refractivity contribution in [1.82, 2.24) is 9.55 Å². The number of ether oxygens (including phenoxy) is 2. The average molecular weight is 391 g/mol. The highest BCUT2D eigenvalue weighted by molar-refractivity contribution is 8.00. The van der Waals surface area contributed by atoms with Gasteiger partial charge in [0.15, 0.2) is 16.7 Å². The number of imidazole rings is 1. The molecule has 1 atom stereocenters. The van der Waals surface area contributed by atoms with Crippen LogP contribution >= 0.6 is 11.8 Å². The minimum absolute atomic E-state index is 0.0968. The molecular weight excluding hydrogens is 376 g/mol. The van der Waals surface area contributed by atoms with Crippen LogP contribution in [0.3, 0.4) is 0 Å². The number of hydrogen-bond donors (Lipinski definition) is 1. The summed E-state index contributed by atoms with van der Waals surface area (Å²) >= 11 is 0.981. The summed E-state index contributed by atoms with van der Waals surface area (Å²) in [6.07, 6.45) is 0. The molecule has 9 heteroatoms. The summed E-state index contributed by atoms with van der Waals surface area (Å²) < 4.78 is 38.3. The third kappa shape index (κ3) is 3.42. The molecule has 2 aromatic carbocycles. The van der Waals surface area contributed by atoms with E-state index in [9.17, 15) is 13.6 Å². The van der Waals surface area contributed by atoms with Crippen molar-refractivity contribution < 1.29 is 23.0 Å². The Morgan fingerprint density at radius 3 is 2.81 bits per heavy atom. The molecule has 1 aliphatic rings. The lowest BCUT2D eigenvalue weighted by Gasteiger charge is -2.13. The number of alkyl halides is 2. The van der Waals surface area contributed by atoms with Gasteiger partial charge in [-0.15, -0.1) is 0 Å². The normalized spacial score (nSPS) is 13.9. The van der Waals surface area contributed by atoms with E-state index in [0.717, 1.165) is 16.3 Å². The molecule has 1 amide bonds. The molecule has 0 unspecified atom stereocenters. The molecular formula is C18H15F2N3O3S. The van der Waals surface area contributed by atoms with Crippen LogP contribution in [0, 0.1) is 0 Å². The quantitative estimate of drug-likeness (QED) is 0.658. The molecule has 3 aromatic rings. The summed E-state index contributed by atoms with van der Waals surface area (Å²) in [5.41, 5.74) is 1.33. The molecule has 0 saturated heterocycles. The number of halogens is 2. The number of anilines is 1. The second-order valence-corrected chi connectivity index (χ2v) is 7.16. The molecule has 0 spiro atoms. The lowest BCUT2D eigenvalue weighted by molar-refractivity contribution is -0.115. The van der Waals surface area contributed by atoms with E-state index in [1.54, 1.807) is 49.4 Å². The topological polar surface area (TPSA) is 65.4 Å². The molecule has 2 heterocycles. The largest absolute Gasteiger partial charge is 0.454 e. The predicted molar refractivity (Wildman–Crippen MR) is 97.5 cm³/mol. The van der Waals surface area contributed by atoms with E-state index in [2.05, 4.69) is 10.3 Å². The van der Waals surface area contributed by atoms with Gasteiger partial charge in [-0.2, -0.15) is 8.78 Å². The third-order valence-corrected chi connectivity index (χ3v) is 5.12. The number of nitrogens with one attached hydrogen (secondary N) is 1. The molecule has 1 aliphatic heterocycles. The molecule has 0 saturated carbocycles. The Hall–Kier alpha value is -2.81. The van der Waals surface area contributed by atoms with E-state index < -0.39 is 11.8 Å². The van der Waals surface area contributed by atoms with Gasteiger partial charge in [0.1, 0.15) is 0 Å². The SMILES string of the molecule is C[C@@H](Sc1nc2ccccc2n1C(F)F)C(=O)Nc1ccc2c(c1)OCO2. The van der Waals surface area contributed by atoms with E-state index in [0.29, 0.717) is 28.2 Å². The van der Waals surface area contributed by atoms with Crippen molar-refractivity contribution in [2.24, 2.45) is 0 Å². The number of fused-ring (bicyclic) bond motifs is 2. The fourth-order valence-electron chi connectivity index (χ4n) is 2.72. The Labute approximate surface area is 157 Å². The number of para-hydroxylation sites is 2. The van der Waals surface area contributed by atoms with Crippen LogP contribution < -0.4 is 14.8 Å². The number of hydrogen-bond acceptors (Lipinski definition) is 5. The van der Waals surface area contributed by atoms with Gasteiger partial charge in [0.25, 0.3) is 0 Å². The first-order valence-corrected chi connectivity index (χ1v) is 9.03. The highest BCUT2D eigenvalue weighted by Crippen LogP contribution is 2.35. The zero-order valence-corrected chi connectivity index (χ0v) is 15.0. The zero-order valence-electron chi connectivity index (χ0n) is 14.2. The van der Waals surface area contributed by atoms with Crippen molar-refractivity contribution in [3.8, 4) is 11.5 Å².